The average molecular weight is 483 g/mol. The highest BCUT2D eigenvalue weighted by atomic mass is 35.5. The quantitative estimate of drug-likeness (QED) is 0.517. The van der Waals surface area contributed by atoms with Crippen molar-refractivity contribution in [2.75, 3.05) is 44.7 Å². The summed E-state index contributed by atoms with van der Waals surface area (Å²) in [5, 5.41) is 4.33. The van der Waals surface area contributed by atoms with E-state index >= 15 is 0 Å². The van der Waals surface area contributed by atoms with Crippen LogP contribution in [0.1, 0.15) is 23.1 Å². The van der Waals surface area contributed by atoms with E-state index in [0.29, 0.717) is 22.8 Å². The van der Waals surface area contributed by atoms with Crippen LogP contribution in [-0.2, 0) is 11.3 Å². The number of nitrogens with one attached hydrogen (secondary N) is 2. The summed E-state index contributed by atoms with van der Waals surface area (Å²) < 4.78 is 5.42. The highest BCUT2D eigenvalue weighted by Gasteiger charge is 2.19. The maximum atomic E-state index is 13.2. The minimum absolute atomic E-state index is 0.176. The number of rotatable bonds is 7. The Morgan fingerprint density at radius 1 is 1.18 bits per heavy atom. The van der Waals surface area contributed by atoms with Crippen molar-refractivity contribution in [3.8, 4) is 0 Å². The lowest BCUT2D eigenvalue weighted by atomic mass is 10.0. The summed E-state index contributed by atoms with van der Waals surface area (Å²) in [4.78, 5) is 33.2. The Morgan fingerprint density at radius 3 is 2.71 bits per heavy atom. The second-order valence-electron chi connectivity index (χ2n) is 8.73. The number of aromatic nitrogens is 1. The first kappa shape index (κ1) is 24.3. The summed E-state index contributed by atoms with van der Waals surface area (Å²) in [6.45, 7) is 8.88. The van der Waals surface area contributed by atoms with Gasteiger partial charge in [-0.05, 0) is 55.0 Å². The van der Waals surface area contributed by atoms with E-state index in [0.717, 1.165) is 61.3 Å². The summed E-state index contributed by atoms with van der Waals surface area (Å²) in [5.41, 5.74) is 3.94. The predicted molar refractivity (Wildman–Crippen MR) is 137 cm³/mol. The molecule has 7 nitrogen and oxygen atoms in total. The van der Waals surface area contributed by atoms with Crippen LogP contribution in [0.25, 0.3) is 10.9 Å². The number of halogens is 1. The number of carbonyl (C=O) groups is 1. The van der Waals surface area contributed by atoms with E-state index in [9.17, 15) is 9.59 Å². The van der Waals surface area contributed by atoms with Crippen molar-refractivity contribution in [1.82, 2.24) is 14.8 Å². The molecule has 0 saturated carbocycles. The monoisotopic (exact) mass is 482 g/mol. The van der Waals surface area contributed by atoms with E-state index < -0.39 is 0 Å². The molecule has 2 aromatic carbocycles. The minimum atomic E-state index is -0.283. The molecule has 2 heterocycles. The molecular formula is C26H31ClN4O3. The number of anilines is 1. The molecule has 3 aromatic rings. The Bertz CT molecular complexity index is 1220. The number of benzene rings is 2. The van der Waals surface area contributed by atoms with E-state index in [2.05, 4.69) is 15.2 Å². The number of aromatic amines is 1. The second-order valence-corrected chi connectivity index (χ2v) is 9.14. The number of morpholine rings is 1. The zero-order chi connectivity index (χ0) is 24.1. The molecule has 34 heavy (non-hydrogen) atoms. The zero-order valence-electron chi connectivity index (χ0n) is 19.7. The molecule has 1 aromatic heterocycles. The van der Waals surface area contributed by atoms with E-state index in [-0.39, 0.29) is 18.1 Å². The van der Waals surface area contributed by atoms with Crippen LogP contribution in [0.2, 0.25) is 5.02 Å². The first-order valence-corrected chi connectivity index (χ1v) is 12.0. The van der Waals surface area contributed by atoms with Crippen LogP contribution in [0.15, 0.2) is 47.3 Å². The fourth-order valence-corrected chi connectivity index (χ4v) is 4.40. The van der Waals surface area contributed by atoms with Crippen molar-refractivity contribution in [2.24, 2.45) is 0 Å². The maximum absolute atomic E-state index is 13.2. The van der Waals surface area contributed by atoms with Crippen LogP contribution in [0.5, 0.6) is 0 Å². The third kappa shape index (κ3) is 5.78. The third-order valence-corrected chi connectivity index (χ3v) is 6.73. The number of carbonyl (C=O) groups excluding carboxylic acids is 1. The first-order chi connectivity index (χ1) is 16.4. The van der Waals surface area contributed by atoms with Gasteiger partial charge in [-0.15, -0.1) is 0 Å². The summed E-state index contributed by atoms with van der Waals surface area (Å²) in [6.07, 6.45) is 0.791. The number of pyridine rings is 1. The number of aryl methyl sites for hydroxylation is 2. The first-order valence-electron chi connectivity index (χ1n) is 11.6. The summed E-state index contributed by atoms with van der Waals surface area (Å²) in [7, 11) is 0. The van der Waals surface area contributed by atoms with Crippen molar-refractivity contribution in [1.29, 1.82) is 0 Å². The number of hydrogen-bond donors (Lipinski definition) is 2. The van der Waals surface area contributed by atoms with Crippen LogP contribution in [0.3, 0.4) is 0 Å². The van der Waals surface area contributed by atoms with Gasteiger partial charge >= 0.3 is 6.03 Å². The van der Waals surface area contributed by atoms with Crippen molar-refractivity contribution in [3.63, 3.8) is 0 Å². The van der Waals surface area contributed by atoms with E-state index in [4.69, 9.17) is 16.3 Å². The van der Waals surface area contributed by atoms with Crippen LogP contribution < -0.4 is 10.9 Å². The fraction of sp³-hybridized carbons (Fsp3) is 0.385. The number of H-pyrrole nitrogens is 1. The van der Waals surface area contributed by atoms with Crippen molar-refractivity contribution >= 4 is 34.2 Å². The second kappa shape index (κ2) is 11.0. The topological polar surface area (TPSA) is 77.7 Å². The number of amides is 2. The molecule has 8 heteroatoms. The van der Waals surface area contributed by atoms with Gasteiger partial charge < -0.3 is 19.9 Å². The predicted octanol–water partition coefficient (Wildman–Crippen LogP) is 4.55. The maximum Gasteiger partial charge on any atom is 0.322 e. The highest BCUT2D eigenvalue weighted by Crippen LogP contribution is 2.22. The van der Waals surface area contributed by atoms with Crippen LogP contribution >= 0.6 is 11.6 Å². The summed E-state index contributed by atoms with van der Waals surface area (Å²) >= 11 is 6.25. The van der Waals surface area contributed by atoms with Gasteiger partial charge in [-0.25, -0.2) is 4.79 Å². The number of hydrogen-bond acceptors (Lipinski definition) is 4. The van der Waals surface area contributed by atoms with E-state index in [1.54, 1.807) is 17.0 Å². The number of urea groups is 1. The molecule has 0 spiro atoms. The number of fused-ring (bicyclic) bond motifs is 1. The summed E-state index contributed by atoms with van der Waals surface area (Å²) in [6, 6.07) is 12.8. The van der Waals surface area contributed by atoms with Gasteiger partial charge in [-0.1, -0.05) is 35.9 Å². The molecule has 1 saturated heterocycles. The molecule has 0 unspecified atom stereocenters. The molecule has 2 N–H and O–H groups in total. The van der Waals surface area contributed by atoms with Gasteiger partial charge in [0.2, 0.25) is 0 Å². The van der Waals surface area contributed by atoms with Crippen LogP contribution in [0.4, 0.5) is 10.5 Å². The smallest absolute Gasteiger partial charge is 0.322 e. The highest BCUT2D eigenvalue weighted by molar-refractivity contribution is 6.33. The van der Waals surface area contributed by atoms with Gasteiger partial charge in [-0.2, -0.15) is 0 Å². The van der Waals surface area contributed by atoms with E-state index in [1.165, 1.54) is 0 Å². The van der Waals surface area contributed by atoms with E-state index in [1.807, 2.05) is 44.2 Å². The molecule has 0 bridgehead atoms. The largest absolute Gasteiger partial charge is 0.379 e. The van der Waals surface area contributed by atoms with Gasteiger partial charge in [0.1, 0.15) is 0 Å². The number of ether oxygens (including phenoxy) is 1. The van der Waals surface area contributed by atoms with Crippen LogP contribution in [-0.4, -0.2) is 60.2 Å². The molecular weight excluding hydrogens is 452 g/mol. The molecule has 1 fully saturated rings. The van der Waals surface area contributed by atoms with Crippen molar-refractivity contribution < 1.29 is 9.53 Å². The van der Waals surface area contributed by atoms with Gasteiger partial charge in [0.25, 0.3) is 5.56 Å². The van der Waals surface area contributed by atoms with Crippen molar-refractivity contribution in [3.05, 3.63) is 74.5 Å². The molecule has 180 valence electrons. The lowest BCUT2D eigenvalue weighted by Gasteiger charge is -2.28. The molecule has 4 rings (SSSR count). The summed E-state index contributed by atoms with van der Waals surface area (Å²) in [5.74, 6) is 0. The Labute approximate surface area is 204 Å². The lowest BCUT2D eigenvalue weighted by Crippen LogP contribution is -2.40. The SMILES string of the molecule is Cc1ccc2cc(CN(CCCN3CCOCC3)C(=O)Nc3ccccc3Cl)c(=O)[nH]c2c1C. The van der Waals surface area contributed by atoms with Gasteiger partial charge in [0.15, 0.2) is 0 Å². The minimum Gasteiger partial charge on any atom is -0.379 e. The normalized spacial score (nSPS) is 14.3. The number of nitrogens with zero attached hydrogens (tertiary/aromatic N) is 2. The van der Waals surface area contributed by atoms with Crippen LogP contribution in [0, 0.1) is 13.8 Å². The zero-order valence-corrected chi connectivity index (χ0v) is 20.5. The van der Waals surface area contributed by atoms with Gasteiger partial charge in [0.05, 0.1) is 36.0 Å². The Hall–Kier alpha value is -2.87. The third-order valence-electron chi connectivity index (χ3n) is 6.40. The van der Waals surface area contributed by atoms with Gasteiger partial charge in [-0.3, -0.25) is 9.69 Å². The molecule has 1 aliphatic rings. The molecule has 0 atom stereocenters. The van der Waals surface area contributed by atoms with Gasteiger partial charge in [0, 0.05) is 31.7 Å². The standard InChI is InChI=1S/C26H31ClN4O3/c1-18-8-9-20-16-21(25(32)29-24(20)19(18)2)17-31(11-5-10-30-12-14-34-15-13-30)26(33)28-23-7-4-3-6-22(23)27/h3-4,6-9,16H,5,10-15,17H2,1-2H3,(H,28,33)(H,29,32). The Balaban J connectivity index is 1.54. The molecule has 0 radical (unpaired) electrons. The molecule has 2 amide bonds. The number of para-hydroxylation sites is 1. The Morgan fingerprint density at radius 2 is 1.94 bits per heavy atom. The molecule has 1 aliphatic heterocycles. The lowest BCUT2D eigenvalue weighted by molar-refractivity contribution is 0.0365. The molecule has 0 aliphatic carbocycles. The Kier molecular flexibility index (Phi) is 7.88. The fourth-order valence-electron chi connectivity index (χ4n) is 4.21. The van der Waals surface area contributed by atoms with Crippen molar-refractivity contribution in [2.45, 2.75) is 26.8 Å². The average Bonchev–Trinajstić information content (AvgIpc) is 2.84.